The normalized spacial score (nSPS) is 13.3. The molecular formula is C13H18N2. The topological polar surface area (TPSA) is 27.8 Å². The SMILES string of the molecule is CNC(C)Cc1ccc2[nH]c(C)cc2c1. The number of likely N-dealkylation sites (N-methyl/N-ethyl adjacent to an activating group) is 1. The van der Waals surface area contributed by atoms with Gasteiger partial charge in [0.15, 0.2) is 0 Å². The molecule has 80 valence electrons. The molecule has 0 saturated carbocycles. The van der Waals surface area contributed by atoms with Gasteiger partial charge in [0.1, 0.15) is 0 Å². The first-order valence-corrected chi connectivity index (χ1v) is 5.44. The monoisotopic (exact) mass is 202 g/mol. The van der Waals surface area contributed by atoms with Crippen molar-refractivity contribution in [2.24, 2.45) is 0 Å². The van der Waals surface area contributed by atoms with Gasteiger partial charge in [0.25, 0.3) is 0 Å². The molecule has 0 spiro atoms. The van der Waals surface area contributed by atoms with Gasteiger partial charge in [-0.25, -0.2) is 0 Å². The maximum Gasteiger partial charge on any atom is 0.0456 e. The second-order valence-corrected chi connectivity index (χ2v) is 4.27. The molecule has 1 unspecified atom stereocenters. The number of aromatic amines is 1. The Labute approximate surface area is 90.7 Å². The van der Waals surface area contributed by atoms with E-state index in [0.717, 1.165) is 6.42 Å². The van der Waals surface area contributed by atoms with Crippen molar-refractivity contribution in [3.05, 3.63) is 35.5 Å². The molecule has 0 aliphatic heterocycles. The molecule has 0 aliphatic rings. The minimum Gasteiger partial charge on any atom is -0.359 e. The number of aromatic nitrogens is 1. The molecule has 0 fully saturated rings. The Morgan fingerprint density at radius 2 is 2.13 bits per heavy atom. The highest BCUT2D eigenvalue weighted by Crippen LogP contribution is 2.17. The van der Waals surface area contributed by atoms with Gasteiger partial charge in [-0.2, -0.15) is 0 Å². The maximum atomic E-state index is 3.34. The lowest BCUT2D eigenvalue weighted by Gasteiger charge is -2.09. The van der Waals surface area contributed by atoms with Crippen LogP contribution in [0.25, 0.3) is 10.9 Å². The van der Waals surface area contributed by atoms with Crippen molar-refractivity contribution in [3.63, 3.8) is 0 Å². The Morgan fingerprint density at radius 3 is 2.87 bits per heavy atom. The molecule has 2 nitrogen and oxygen atoms in total. The lowest BCUT2D eigenvalue weighted by atomic mass is 10.1. The summed E-state index contributed by atoms with van der Waals surface area (Å²) in [5.41, 5.74) is 3.85. The zero-order valence-corrected chi connectivity index (χ0v) is 9.59. The second kappa shape index (κ2) is 4.07. The highest BCUT2D eigenvalue weighted by Gasteiger charge is 2.02. The van der Waals surface area contributed by atoms with Crippen molar-refractivity contribution in [2.45, 2.75) is 26.3 Å². The Morgan fingerprint density at radius 1 is 1.33 bits per heavy atom. The van der Waals surface area contributed by atoms with E-state index in [9.17, 15) is 0 Å². The van der Waals surface area contributed by atoms with E-state index in [1.54, 1.807) is 0 Å². The average Bonchev–Trinajstić information content (AvgIpc) is 2.57. The largest absolute Gasteiger partial charge is 0.359 e. The van der Waals surface area contributed by atoms with Crippen molar-refractivity contribution in [1.82, 2.24) is 10.3 Å². The molecule has 1 heterocycles. The lowest BCUT2D eigenvalue weighted by molar-refractivity contribution is 0.609. The van der Waals surface area contributed by atoms with Crippen LogP contribution in [0.1, 0.15) is 18.2 Å². The highest BCUT2D eigenvalue weighted by molar-refractivity contribution is 5.81. The first-order chi connectivity index (χ1) is 7.19. The Bertz CT molecular complexity index is 457. The molecule has 0 radical (unpaired) electrons. The van der Waals surface area contributed by atoms with Gasteiger partial charge in [0.05, 0.1) is 0 Å². The Balaban J connectivity index is 2.30. The van der Waals surface area contributed by atoms with E-state index in [1.165, 1.54) is 22.2 Å². The number of H-pyrrole nitrogens is 1. The van der Waals surface area contributed by atoms with Crippen LogP contribution < -0.4 is 5.32 Å². The molecule has 2 aromatic rings. The fourth-order valence-corrected chi connectivity index (χ4v) is 1.91. The fourth-order valence-electron chi connectivity index (χ4n) is 1.91. The van der Waals surface area contributed by atoms with E-state index < -0.39 is 0 Å². The van der Waals surface area contributed by atoms with Gasteiger partial charge in [-0.1, -0.05) is 6.07 Å². The number of hydrogen-bond donors (Lipinski definition) is 2. The van der Waals surface area contributed by atoms with Gasteiger partial charge < -0.3 is 10.3 Å². The van der Waals surface area contributed by atoms with Crippen LogP contribution in [0.3, 0.4) is 0 Å². The number of nitrogens with one attached hydrogen (secondary N) is 2. The molecular weight excluding hydrogens is 184 g/mol. The molecule has 2 rings (SSSR count). The Hall–Kier alpha value is -1.28. The quantitative estimate of drug-likeness (QED) is 0.786. The summed E-state index contributed by atoms with van der Waals surface area (Å²) < 4.78 is 0. The lowest BCUT2D eigenvalue weighted by Crippen LogP contribution is -2.23. The second-order valence-electron chi connectivity index (χ2n) is 4.27. The van der Waals surface area contributed by atoms with Gasteiger partial charge in [0.2, 0.25) is 0 Å². The minimum atomic E-state index is 0.530. The summed E-state index contributed by atoms with van der Waals surface area (Å²) in [7, 11) is 2.00. The van der Waals surface area contributed by atoms with Crippen LogP contribution in [-0.4, -0.2) is 18.1 Å². The Kier molecular flexibility index (Phi) is 2.78. The molecule has 0 amide bonds. The van der Waals surface area contributed by atoms with Crippen LogP contribution in [0.5, 0.6) is 0 Å². The van der Waals surface area contributed by atoms with Crippen LogP contribution in [0.2, 0.25) is 0 Å². The first kappa shape index (κ1) is 10.2. The molecule has 0 bridgehead atoms. The van der Waals surface area contributed by atoms with E-state index >= 15 is 0 Å². The van der Waals surface area contributed by atoms with Gasteiger partial charge >= 0.3 is 0 Å². The third-order valence-corrected chi connectivity index (χ3v) is 2.85. The standard InChI is InChI=1S/C13H18N2/c1-9(14-3)6-11-4-5-13-12(8-11)7-10(2)15-13/h4-5,7-9,14-15H,6H2,1-3H3. The molecule has 1 aromatic carbocycles. The highest BCUT2D eigenvalue weighted by atomic mass is 14.8. The van der Waals surface area contributed by atoms with Crippen LogP contribution in [0.15, 0.2) is 24.3 Å². The smallest absolute Gasteiger partial charge is 0.0456 e. The van der Waals surface area contributed by atoms with Crippen molar-refractivity contribution in [1.29, 1.82) is 0 Å². The van der Waals surface area contributed by atoms with Gasteiger partial charge in [-0.15, -0.1) is 0 Å². The number of fused-ring (bicyclic) bond motifs is 1. The summed E-state index contributed by atoms with van der Waals surface area (Å²) in [5.74, 6) is 0. The minimum absolute atomic E-state index is 0.530. The molecule has 1 aromatic heterocycles. The van der Waals surface area contributed by atoms with Crippen LogP contribution in [-0.2, 0) is 6.42 Å². The van der Waals surface area contributed by atoms with E-state index in [0.29, 0.717) is 6.04 Å². The summed E-state index contributed by atoms with van der Waals surface area (Å²) in [6, 6.07) is 9.37. The number of aryl methyl sites for hydroxylation is 1. The third-order valence-electron chi connectivity index (χ3n) is 2.85. The predicted molar refractivity (Wildman–Crippen MR) is 65.3 cm³/mol. The summed E-state index contributed by atoms with van der Waals surface area (Å²) >= 11 is 0. The fraction of sp³-hybridized carbons (Fsp3) is 0.385. The van der Waals surface area contributed by atoms with Crippen molar-refractivity contribution in [3.8, 4) is 0 Å². The summed E-state index contributed by atoms with van der Waals surface area (Å²) in [4.78, 5) is 3.34. The summed E-state index contributed by atoms with van der Waals surface area (Å²) in [5, 5.41) is 4.57. The van der Waals surface area contributed by atoms with E-state index in [-0.39, 0.29) is 0 Å². The molecule has 2 heteroatoms. The van der Waals surface area contributed by atoms with E-state index in [1.807, 2.05) is 7.05 Å². The molecule has 2 N–H and O–H groups in total. The van der Waals surface area contributed by atoms with Crippen LogP contribution in [0.4, 0.5) is 0 Å². The molecule has 0 saturated heterocycles. The number of hydrogen-bond acceptors (Lipinski definition) is 1. The maximum absolute atomic E-state index is 3.34. The van der Waals surface area contributed by atoms with Crippen molar-refractivity contribution < 1.29 is 0 Å². The number of rotatable bonds is 3. The van der Waals surface area contributed by atoms with Crippen molar-refractivity contribution in [2.75, 3.05) is 7.05 Å². The average molecular weight is 202 g/mol. The van der Waals surface area contributed by atoms with Crippen molar-refractivity contribution >= 4 is 10.9 Å². The predicted octanol–water partition coefficient (Wildman–Crippen LogP) is 2.63. The molecule has 15 heavy (non-hydrogen) atoms. The van der Waals surface area contributed by atoms with E-state index in [4.69, 9.17) is 0 Å². The van der Waals surface area contributed by atoms with Gasteiger partial charge in [0, 0.05) is 17.3 Å². The van der Waals surface area contributed by atoms with Crippen LogP contribution >= 0.6 is 0 Å². The zero-order chi connectivity index (χ0) is 10.8. The summed E-state index contributed by atoms with van der Waals surface area (Å²) in [6.07, 6.45) is 1.08. The molecule has 0 aliphatic carbocycles. The zero-order valence-electron chi connectivity index (χ0n) is 9.59. The van der Waals surface area contributed by atoms with E-state index in [2.05, 4.69) is 48.4 Å². The third kappa shape index (κ3) is 2.21. The molecule has 1 atom stereocenters. The summed E-state index contributed by atoms with van der Waals surface area (Å²) in [6.45, 7) is 4.29. The number of benzene rings is 1. The van der Waals surface area contributed by atoms with Crippen LogP contribution in [0, 0.1) is 6.92 Å². The van der Waals surface area contributed by atoms with Gasteiger partial charge in [-0.3, -0.25) is 0 Å². The first-order valence-electron chi connectivity index (χ1n) is 5.44. The van der Waals surface area contributed by atoms with Gasteiger partial charge in [-0.05, 0) is 56.5 Å².